The Morgan fingerprint density at radius 1 is 1.67 bits per heavy atom. The number of carbonyl (C=O) groups excluding carboxylic acids is 2. The molecule has 0 N–H and O–H groups in total. The van der Waals surface area contributed by atoms with Crippen molar-refractivity contribution in [1.29, 1.82) is 0 Å². The predicted molar refractivity (Wildman–Crippen MR) is 29.4 cm³/mol. The Bertz CT molecular complexity index is 201. The maximum Gasteiger partial charge on any atom is 0.224 e. The van der Waals surface area contributed by atoms with Gasteiger partial charge in [0.15, 0.2) is 6.29 Å². The number of hydrogen-bond acceptors (Lipinski definition) is 3. The molecular formula is C6H4O3. The van der Waals surface area contributed by atoms with Crippen molar-refractivity contribution < 1.29 is 14.3 Å². The first-order chi connectivity index (χ1) is 4.29. The fourth-order valence-electron chi connectivity index (χ4n) is 0.426. The lowest BCUT2D eigenvalue weighted by Gasteiger charge is -1.72. The van der Waals surface area contributed by atoms with E-state index < -0.39 is 0 Å². The summed E-state index contributed by atoms with van der Waals surface area (Å²) in [7, 11) is 0. The largest absolute Gasteiger partial charge is 0.442 e. The second-order valence-electron chi connectivity index (χ2n) is 1.48. The molecule has 0 aromatic heterocycles. The van der Waals surface area contributed by atoms with Gasteiger partial charge in [-0.05, 0) is 6.08 Å². The normalized spacial score (nSPS) is 14.2. The summed E-state index contributed by atoms with van der Waals surface area (Å²) in [6.45, 7) is 3.21. The van der Waals surface area contributed by atoms with Crippen LogP contribution in [0.25, 0.3) is 0 Å². The second kappa shape index (κ2) is 1.85. The molecule has 0 radical (unpaired) electrons. The summed E-state index contributed by atoms with van der Waals surface area (Å²) < 4.78 is 4.46. The number of rotatable bonds is 3. The van der Waals surface area contributed by atoms with Gasteiger partial charge in [-0.2, -0.15) is 0 Å². The van der Waals surface area contributed by atoms with E-state index in [4.69, 9.17) is 0 Å². The van der Waals surface area contributed by atoms with E-state index in [1.165, 1.54) is 0 Å². The fraction of sp³-hybridized carbons (Fsp3) is 0. The van der Waals surface area contributed by atoms with Crippen LogP contribution < -0.4 is 0 Å². The maximum absolute atomic E-state index is 10.5. The van der Waals surface area contributed by atoms with E-state index >= 15 is 0 Å². The molecule has 0 aromatic carbocycles. The van der Waals surface area contributed by atoms with Crippen LogP contribution in [0.4, 0.5) is 0 Å². The average molecular weight is 124 g/mol. The van der Waals surface area contributed by atoms with Gasteiger partial charge in [-0.3, -0.25) is 9.59 Å². The lowest BCUT2D eigenvalue weighted by atomic mass is 10.3. The van der Waals surface area contributed by atoms with Crippen LogP contribution in [0.5, 0.6) is 0 Å². The molecule has 0 saturated heterocycles. The molecule has 0 atom stereocenters. The summed E-state index contributed by atoms with van der Waals surface area (Å²) in [4.78, 5) is 20.3. The van der Waals surface area contributed by atoms with Crippen LogP contribution in [0.3, 0.4) is 0 Å². The first-order valence-electron chi connectivity index (χ1n) is 2.33. The van der Waals surface area contributed by atoms with Gasteiger partial charge in [-0.15, -0.1) is 0 Å². The third-order valence-corrected chi connectivity index (χ3v) is 0.910. The monoisotopic (exact) mass is 124 g/mol. The summed E-state index contributed by atoms with van der Waals surface area (Å²) in [6.07, 6.45) is 1.60. The van der Waals surface area contributed by atoms with Crippen molar-refractivity contribution in [2.45, 2.75) is 0 Å². The van der Waals surface area contributed by atoms with Crippen LogP contribution in [0, 0.1) is 0 Å². The highest BCUT2D eigenvalue weighted by Crippen LogP contribution is 2.24. The van der Waals surface area contributed by atoms with Gasteiger partial charge in [0.2, 0.25) is 17.3 Å². The highest BCUT2D eigenvalue weighted by molar-refractivity contribution is 6.08. The van der Waals surface area contributed by atoms with Gasteiger partial charge in [0, 0.05) is 0 Å². The minimum atomic E-state index is -0.336. The molecule has 3 nitrogen and oxygen atoms in total. The van der Waals surface area contributed by atoms with E-state index in [1.807, 2.05) is 0 Å². The van der Waals surface area contributed by atoms with Crippen molar-refractivity contribution in [2.24, 2.45) is 0 Å². The molecule has 0 saturated carbocycles. The summed E-state index contributed by atoms with van der Waals surface area (Å²) in [5, 5.41) is 0. The van der Waals surface area contributed by atoms with Crippen molar-refractivity contribution in [1.82, 2.24) is 0 Å². The first-order valence-corrected chi connectivity index (χ1v) is 2.33. The summed E-state index contributed by atoms with van der Waals surface area (Å²) in [5.74, 6) is -0.0861. The Morgan fingerprint density at radius 3 is 2.67 bits per heavy atom. The molecule has 1 aliphatic heterocycles. The molecule has 0 amide bonds. The molecule has 0 unspecified atom stereocenters. The lowest BCUT2D eigenvalue weighted by Crippen LogP contribution is -1.85. The van der Waals surface area contributed by atoms with Gasteiger partial charge in [0.25, 0.3) is 0 Å². The third kappa shape index (κ3) is 0.887. The highest BCUT2D eigenvalue weighted by Gasteiger charge is 2.29. The van der Waals surface area contributed by atoms with Gasteiger partial charge in [-0.25, -0.2) is 0 Å². The third-order valence-electron chi connectivity index (χ3n) is 0.910. The number of ether oxygens (including phenoxy) is 1. The van der Waals surface area contributed by atoms with Crippen molar-refractivity contribution >= 4 is 12.1 Å². The molecule has 9 heavy (non-hydrogen) atoms. The van der Waals surface area contributed by atoms with Crippen LogP contribution in [0.15, 0.2) is 24.2 Å². The first kappa shape index (κ1) is 5.75. The Morgan fingerprint density at radius 2 is 2.33 bits per heavy atom. The highest BCUT2D eigenvalue weighted by atomic mass is 16.6. The quantitative estimate of drug-likeness (QED) is 0.398. The van der Waals surface area contributed by atoms with E-state index in [1.54, 1.807) is 0 Å². The molecule has 0 aliphatic carbocycles. The van der Waals surface area contributed by atoms with Crippen molar-refractivity contribution in [3.8, 4) is 0 Å². The van der Waals surface area contributed by atoms with Crippen LogP contribution >= 0.6 is 0 Å². The fourth-order valence-corrected chi connectivity index (χ4v) is 0.426. The van der Waals surface area contributed by atoms with Crippen LogP contribution in [-0.4, -0.2) is 12.1 Å². The van der Waals surface area contributed by atoms with Gasteiger partial charge in [-0.1, -0.05) is 6.58 Å². The Hall–Kier alpha value is -1.38. The average Bonchev–Trinajstić information content (AvgIpc) is 2.64. The zero-order valence-electron chi connectivity index (χ0n) is 4.59. The van der Waals surface area contributed by atoms with Crippen LogP contribution in [0.2, 0.25) is 0 Å². The van der Waals surface area contributed by atoms with Crippen molar-refractivity contribution in [3.05, 3.63) is 24.2 Å². The van der Waals surface area contributed by atoms with E-state index in [0.29, 0.717) is 6.29 Å². The molecule has 1 heterocycles. The number of allylic oxidation sites excluding steroid dienone is 2. The van der Waals surface area contributed by atoms with E-state index in [2.05, 4.69) is 11.3 Å². The van der Waals surface area contributed by atoms with Gasteiger partial charge in [0.05, 0.1) is 0 Å². The number of aldehydes is 1. The zero-order valence-corrected chi connectivity index (χ0v) is 4.59. The molecule has 0 fully saturated rings. The molecule has 3 heteroatoms. The summed E-state index contributed by atoms with van der Waals surface area (Å²) in [5.41, 5.74) is 0. The van der Waals surface area contributed by atoms with Crippen molar-refractivity contribution in [3.63, 3.8) is 0 Å². The number of hydrogen-bond donors (Lipinski definition) is 0. The number of ketones is 1. The number of carbonyl (C=O) groups is 2. The smallest absolute Gasteiger partial charge is 0.224 e. The van der Waals surface area contributed by atoms with Gasteiger partial charge in [0.1, 0.15) is 0 Å². The Labute approximate surface area is 51.6 Å². The van der Waals surface area contributed by atoms with E-state index in [0.717, 1.165) is 6.08 Å². The molecule has 1 rings (SSSR count). The Kier molecular flexibility index (Phi) is 1.18. The minimum Gasteiger partial charge on any atom is -0.442 e. The summed E-state index contributed by atoms with van der Waals surface area (Å²) in [6, 6.07) is 0. The minimum absolute atomic E-state index is 0.125. The van der Waals surface area contributed by atoms with Gasteiger partial charge >= 0.3 is 0 Å². The summed E-state index contributed by atoms with van der Waals surface area (Å²) >= 11 is 0. The molecule has 1 aliphatic rings. The van der Waals surface area contributed by atoms with Crippen LogP contribution in [0.1, 0.15) is 0 Å². The molecule has 46 valence electrons. The standard InChI is InChI=1S/C6H4O3/c1-2-4(8)6-5(3-7)9-6/h2-3H,1H2. The van der Waals surface area contributed by atoms with Crippen molar-refractivity contribution in [2.75, 3.05) is 0 Å². The molecule has 0 bridgehead atoms. The van der Waals surface area contributed by atoms with Crippen LogP contribution in [-0.2, 0) is 14.3 Å². The zero-order chi connectivity index (χ0) is 6.85. The SMILES string of the molecule is C=CC(=O)C1=C(C=O)O1. The molecule has 0 spiro atoms. The predicted octanol–water partition coefficient (Wildman–Crippen LogP) is 0.182. The van der Waals surface area contributed by atoms with E-state index in [-0.39, 0.29) is 17.3 Å². The Balaban J connectivity index is 2.68. The lowest BCUT2D eigenvalue weighted by molar-refractivity contribution is -0.112. The molecular weight excluding hydrogens is 120 g/mol. The maximum atomic E-state index is 10.5. The molecule has 0 aromatic rings. The topological polar surface area (TPSA) is 46.7 Å². The van der Waals surface area contributed by atoms with Gasteiger partial charge < -0.3 is 4.74 Å². The second-order valence-corrected chi connectivity index (χ2v) is 1.48. The van der Waals surface area contributed by atoms with E-state index in [9.17, 15) is 9.59 Å².